The Morgan fingerprint density at radius 3 is 3.00 bits per heavy atom. The molecule has 3 fully saturated rings. The Hall–Kier alpha value is -0.630. The van der Waals surface area contributed by atoms with Crippen LogP contribution in [0.5, 0.6) is 0 Å². The topological polar surface area (TPSA) is 54.3 Å². The minimum Gasteiger partial charge on any atom is -0.367 e. The maximum Gasteiger partial charge on any atom is 0.148 e. The van der Waals surface area contributed by atoms with Gasteiger partial charge in [-0.25, -0.2) is 0 Å². The molecule has 1 spiro atoms. The van der Waals surface area contributed by atoms with Crippen LogP contribution in [-0.4, -0.2) is 30.6 Å². The van der Waals surface area contributed by atoms with Crippen LogP contribution in [-0.2, 0) is 9.47 Å². The van der Waals surface area contributed by atoms with Crippen molar-refractivity contribution in [2.45, 2.75) is 74.9 Å². The lowest BCUT2D eigenvalue weighted by Gasteiger charge is -2.50. The van der Waals surface area contributed by atoms with Gasteiger partial charge in [-0.3, -0.25) is 5.32 Å². The van der Waals surface area contributed by atoms with Crippen molar-refractivity contribution in [1.82, 2.24) is 5.32 Å². The van der Waals surface area contributed by atoms with Crippen LogP contribution in [0.3, 0.4) is 0 Å². The van der Waals surface area contributed by atoms with E-state index in [-0.39, 0.29) is 17.4 Å². The summed E-state index contributed by atoms with van der Waals surface area (Å²) in [4.78, 5) is 0. The van der Waals surface area contributed by atoms with Crippen molar-refractivity contribution in [2.75, 3.05) is 7.05 Å². The number of fused-ring (bicyclic) bond motifs is 1. The fourth-order valence-electron chi connectivity index (χ4n) is 4.12. The average molecular weight is 250 g/mol. The highest BCUT2D eigenvalue weighted by Gasteiger charge is 2.63. The van der Waals surface area contributed by atoms with Crippen LogP contribution in [0.25, 0.3) is 0 Å². The second kappa shape index (κ2) is 4.48. The second-order valence-corrected chi connectivity index (χ2v) is 5.88. The molecule has 4 unspecified atom stereocenters. The smallest absolute Gasteiger partial charge is 0.148 e. The van der Waals surface area contributed by atoms with E-state index >= 15 is 0 Å². The third-order valence-corrected chi connectivity index (χ3v) is 4.96. The van der Waals surface area contributed by atoms with Crippen LogP contribution in [0.2, 0.25) is 0 Å². The van der Waals surface area contributed by atoms with E-state index in [0.717, 1.165) is 38.5 Å². The molecule has 100 valence electrons. The molecular formula is C14H22N2O2. The van der Waals surface area contributed by atoms with Gasteiger partial charge >= 0.3 is 0 Å². The summed E-state index contributed by atoms with van der Waals surface area (Å²) in [5, 5.41) is 12.1. The summed E-state index contributed by atoms with van der Waals surface area (Å²) < 4.78 is 12.7. The zero-order chi connectivity index (χ0) is 12.6. The molecule has 2 heterocycles. The Kier molecular flexibility index (Phi) is 3.09. The summed E-state index contributed by atoms with van der Waals surface area (Å²) in [7, 11) is 1.99. The van der Waals surface area contributed by atoms with Gasteiger partial charge in [-0.2, -0.15) is 5.26 Å². The lowest BCUT2D eigenvalue weighted by Crippen LogP contribution is -2.64. The van der Waals surface area contributed by atoms with Crippen LogP contribution < -0.4 is 5.32 Å². The van der Waals surface area contributed by atoms with E-state index in [1.165, 1.54) is 6.42 Å². The highest BCUT2D eigenvalue weighted by molar-refractivity contribution is 5.11. The molecule has 2 aliphatic heterocycles. The number of likely N-dealkylation sites (N-methyl/N-ethyl adjacent to an activating group) is 1. The molecule has 18 heavy (non-hydrogen) atoms. The zero-order valence-electron chi connectivity index (χ0n) is 11.1. The summed E-state index contributed by atoms with van der Waals surface area (Å²) in [6.07, 6.45) is 8.54. The first-order valence-corrected chi connectivity index (χ1v) is 7.15. The Morgan fingerprint density at radius 2 is 2.22 bits per heavy atom. The van der Waals surface area contributed by atoms with Gasteiger partial charge < -0.3 is 9.47 Å². The highest BCUT2D eigenvalue weighted by atomic mass is 16.6. The molecule has 3 rings (SSSR count). The van der Waals surface area contributed by atoms with Crippen molar-refractivity contribution in [1.29, 1.82) is 5.26 Å². The minimum atomic E-state index is -0.267. The predicted octanol–water partition coefficient (Wildman–Crippen LogP) is 2.10. The molecule has 0 radical (unpaired) electrons. The first-order chi connectivity index (χ1) is 8.74. The van der Waals surface area contributed by atoms with Gasteiger partial charge in [0.05, 0.1) is 18.3 Å². The Labute approximate surface area is 109 Å². The zero-order valence-corrected chi connectivity index (χ0v) is 11.1. The summed E-state index contributed by atoms with van der Waals surface area (Å²) in [6, 6.07) is 2.22. The SMILES string of the molecule is CNC12CCC(CCC#N)OC13CCCC(C3)O2. The Morgan fingerprint density at radius 1 is 1.33 bits per heavy atom. The number of hydrogen-bond donors (Lipinski definition) is 1. The molecule has 2 saturated heterocycles. The number of nitriles is 1. The number of rotatable bonds is 3. The number of nitrogens with zero attached hydrogens (tertiary/aromatic N) is 1. The first kappa shape index (κ1) is 12.4. The fourth-order valence-corrected chi connectivity index (χ4v) is 4.12. The average Bonchev–Trinajstić information content (AvgIpc) is 2.62. The first-order valence-electron chi connectivity index (χ1n) is 7.15. The molecule has 3 aliphatic rings. The van der Waals surface area contributed by atoms with E-state index in [1.807, 2.05) is 7.05 Å². The van der Waals surface area contributed by atoms with Crippen molar-refractivity contribution in [3.05, 3.63) is 0 Å². The van der Waals surface area contributed by atoms with E-state index < -0.39 is 0 Å². The minimum absolute atomic E-state index is 0.136. The third kappa shape index (κ3) is 1.69. The molecule has 1 N–H and O–H groups in total. The normalized spacial score (nSPS) is 46.4. The number of nitrogens with one attached hydrogen (secondary N) is 1. The van der Waals surface area contributed by atoms with Crippen LogP contribution in [0, 0.1) is 11.3 Å². The molecule has 0 amide bonds. The lowest BCUT2D eigenvalue weighted by molar-refractivity contribution is -0.229. The lowest BCUT2D eigenvalue weighted by atomic mass is 9.74. The summed E-state index contributed by atoms with van der Waals surface area (Å²) in [5.41, 5.74) is -0.402. The molecule has 0 aromatic heterocycles. The maximum atomic E-state index is 8.71. The van der Waals surface area contributed by atoms with Gasteiger partial charge in [0.25, 0.3) is 0 Å². The van der Waals surface area contributed by atoms with Gasteiger partial charge in [-0.15, -0.1) is 0 Å². The van der Waals surface area contributed by atoms with Crippen LogP contribution in [0.1, 0.15) is 51.4 Å². The van der Waals surface area contributed by atoms with Gasteiger partial charge in [-0.1, -0.05) is 0 Å². The number of ether oxygens (including phenoxy) is 2. The summed E-state index contributed by atoms with van der Waals surface area (Å²) in [5.74, 6) is 0. The van der Waals surface area contributed by atoms with E-state index in [0.29, 0.717) is 12.5 Å². The number of hydrogen-bond acceptors (Lipinski definition) is 4. The highest BCUT2D eigenvalue weighted by Crippen LogP contribution is 2.54. The summed E-state index contributed by atoms with van der Waals surface area (Å²) in [6.45, 7) is 0. The van der Waals surface area contributed by atoms with Crippen LogP contribution >= 0.6 is 0 Å². The van der Waals surface area contributed by atoms with Gasteiger partial charge in [0, 0.05) is 12.8 Å². The molecule has 4 nitrogen and oxygen atoms in total. The molecule has 1 aliphatic carbocycles. The predicted molar refractivity (Wildman–Crippen MR) is 66.8 cm³/mol. The van der Waals surface area contributed by atoms with Crippen LogP contribution in [0.15, 0.2) is 0 Å². The Bertz CT molecular complexity index is 367. The quantitative estimate of drug-likeness (QED) is 0.833. The molecule has 0 aromatic carbocycles. The van der Waals surface area contributed by atoms with E-state index in [4.69, 9.17) is 14.7 Å². The standard InChI is InChI=1S/C14H22N2O2/c1-16-14-8-6-11(5-3-9-15)17-13(14)7-2-4-12(10-13)18-14/h11-12,16H,2-8,10H2,1H3. The molecule has 4 atom stereocenters. The van der Waals surface area contributed by atoms with Crippen molar-refractivity contribution in [2.24, 2.45) is 0 Å². The largest absolute Gasteiger partial charge is 0.367 e. The van der Waals surface area contributed by atoms with Crippen LogP contribution in [0.4, 0.5) is 0 Å². The van der Waals surface area contributed by atoms with Crippen molar-refractivity contribution >= 4 is 0 Å². The second-order valence-electron chi connectivity index (χ2n) is 5.88. The van der Waals surface area contributed by atoms with Crippen molar-refractivity contribution in [3.63, 3.8) is 0 Å². The molecule has 0 aromatic rings. The van der Waals surface area contributed by atoms with Gasteiger partial charge in [0.15, 0.2) is 0 Å². The van der Waals surface area contributed by atoms with E-state index in [1.54, 1.807) is 0 Å². The molecule has 4 heteroatoms. The van der Waals surface area contributed by atoms with E-state index in [9.17, 15) is 0 Å². The Balaban J connectivity index is 1.80. The van der Waals surface area contributed by atoms with Crippen molar-refractivity contribution < 1.29 is 9.47 Å². The van der Waals surface area contributed by atoms with Gasteiger partial charge in [0.2, 0.25) is 0 Å². The molecule has 2 bridgehead atoms. The molecule has 1 saturated carbocycles. The third-order valence-electron chi connectivity index (χ3n) is 4.96. The van der Waals surface area contributed by atoms with Gasteiger partial charge in [-0.05, 0) is 45.6 Å². The van der Waals surface area contributed by atoms with E-state index in [2.05, 4.69) is 11.4 Å². The van der Waals surface area contributed by atoms with Gasteiger partial charge in [0.1, 0.15) is 11.3 Å². The fraction of sp³-hybridized carbons (Fsp3) is 0.929. The van der Waals surface area contributed by atoms with Crippen molar-refractivity contribution in [3.8, 4) is 6.07 Å². The maximum absolute atomic E-state index is 8.71. The monoisotopic (exact) mass is 250 g/mol. The summed E-state index contributed by atoms with van der Waals surface area (Å²) >= 11 is 0. The molecular weight excluding hydrogens is 228 g/mol.